The van der Waals surface area contributed by atoms with Crippen molar-refractivity contribution in [2.75, 3.05) is 6.61 Å². The lowest BCUT2D eigenvalue weighted by Gasteiger charge is -2.23. The van der Waals surface area contributed by atoms with E-state index < -0.39 is 0 Å². The van der Waals surface area contributed by atoms with Crippen LogP contribution in [0.15, 0.2) is 109 Å². The van der Waals surface area contributed by atoms with Crippen LogP contribution >= 0.6 is 0 Å². The second-order valence-electron chi connectivity index (χ2n) is 9.56. The summed E-state index contributed by atoms with van der Waals surface area (Å²) in [4.78, 5) is 0. The van der Waals surface area contributed by atoms with Crippen LogP contribution in [0.4, 0.5) is 0 Å². The molecule has 0 saturated carbocycles. The largest absolute Gasteiger partial charge is 0.377 e. The number of ether oxygens (including phenoxy) is 1. The Morgan fingerprint density at radius 1 is 0.611 bits per heavy atom. The van der Waals surface area contributed by atoms with Crippen molar-refractivity contribution in [1.29, 1.82) is 0 Å². The van der Waals surface area contributed by atoms with Crippen LogP contribution in [0, 0.1) is 6.92 Å². The van der Waals surface area contributed by atoms with Crippen molar-refractivity contribution in [2.24, 2.45) is 0 Å². The average molecular weight is 467 g/mol. The molecule has 5 aromatic rings. The van der Waals surface area contributed by atoms with Gasteiger partial charge in [0.2, 0.25) is 0 Å². The molecule has 0 aliphatic heterocycles. The molecule has 1 nitrogen and oxygen atoms in total. The molecule has 0 heterocycles. The minimum atomic E-state index is 0.610. The zero-order chi connectivity index (χ0) is 24.5. The van der Waals surface area contributed by atoms with Crippen molar-refractivity contribution in [3.63, 3.8) is 0 Å². The maximum Gasteiger partial charge on any atom is 0.0722 e. The van der Waals surface area contributed by atoms with E-state index in [1.165, 1.54) is 66.8 Å². The zero-order valence-electron chi connectivity index (χ0n) is 20.9. The smallest absolute Gasteiger partial charge is 0.0722 e. The molecule has 0 aromatic heterocycles. The zero-order valence-corrected chi connectivity index (χ0v) is 20.9. The standard InChI is InChI=1S/C35H30O/c1-3-36-23-28-20-24(2)18-19-30(28)35-33-21-27-16-10-11-17-29(27)32(33)22-31(25-12-6-4-7-13-25)34(35)26-14-8-5-9-15-26/h4-20,22H,3,21,23H2,1-2H3. The van der Waals surface area contributed by atoms with Crippen molar-refractivity contribution >= 4 is 0 Å². The summed E-state index contributed by atoms with van der Waals surface area (Å²) in [6.07, 6.45) is 0.942. The maximum atomic E-state index is 5.98. The molecule has 5 aromatic carbocycles. The van der Waals surface area contributed by atoms with Gasteiger partial charge in [0.05, 0.1) is 6.61 Å². The van der Waals surface area contributed by atoms with E-state index in [0.29, 0.717) is 13.2 Å². The van der Waals surface area contributed by atoms with Crippen LogP contribution in [0.2, 0.25) is 0 Å². The second-order valence-corrected chi connectivity index (χ2v) is 9.56. The summed E-state index contributed by atoms with van der Waals surface area (Å²) >= 11 is 0. The lowest BCUT2D eigenvalue weighted by atomic mass is 9.81. The molecule has 176 valence electrons. The van der Waals surface area contributed by atoms with Crippen LogP contribution in [-0.4, -0.2) is 6.61 Å². The average Bonchev–Trinajstić information content (AvgIpc) is 3.30. The fraction of sp³-hybridized carbons (Fsp3) is 0.143. The van der Waals surface area contributed by atoms with E-state index in [2.05, 4.69) is 123 Å². The Balaban J connectivity index is 1.75. The minimum absolute atomic E-state index is 0.610. The van der Waals surface area contributed by atoms with E-state index in [-0.39, 0.29) is 0 Å². The molecule has 0 bridgehead atoms. The summed E-state index contributed by atoms with van der Waals surface area (Å²) in [5, 5.41) is 0. The summed E-state index contributed by atoms with van der Waals surface area (Å²) in [5.41, 5.74) is 15.7. The molecule has 0 fully saturated rings. The van der Waals surface area contributed by atoms with Crippen LogP contribution in [0.5, 0.6) is 0 Å². The van der Waals surface area contributed by atoms with E-state index in [0.717, 1.165) is 6.42 Å². The molecule has 1 heteroatoms. The van der Waals surface area contributed by atoms with E-state index in [9.17, 15) is 0 Å². The summed E-state index contributed by atoms with van der Waals surface area (Å²) in [7, 11) is 0. The van der Waals surface area contributed by atoms with Gasteiger partial charge in [-0.1, -0.05) is 109 Å². The van der Waals surface area contributed by atoms with Crippen LogP contribution < -0.4 is 0 Å². The van der Waals surface area contributed by atoms with Crippen molar-refractivity contribution in [2.45, 2.75) is 26.9 Å². The second kappa shape index (κ2) is 9.60. The van der Waals surface area contributed by atoms with E-state index in [4.69, 9.17) is 4.74 Å². The summed E-state index contributed by atoms with van der Waals surface area (Å²) < 4.78 is 5.98. The third-order valence-corrected chi connectivity index (χ3v) is 7.25. The Bertz CT molecular complexity index is 1530. The Kier molecular flexibility index (Phi) is 6.01. The van der Waals surface area contributed by atoms with Gasteiger partial charge in [-0.3, -0.25) is 0 Å². The summed E-state index contributed by atoms with van der Waals surface area (Å²) in [6, 6.07) is 39.9. The number of rotatable bonds is 6. The highest BCUT2D eigenvalue weighted by Gasteiger charge is 2.28. The first-order valence-corrected chi connectivity index (χ1v) is 12.8. The van der Waals surface area contributed by atoms with Crippen LogP contribution in [-0.2, 0) is 17.8 Å². The molecule has 36 heavy (non-hydrogen) atoms. The SMILES string of the molecule is CCOCc1cc(C)ccc1-c1c2c(cc(-c3ccccc3)c1-c1ccccc1)-c1ccccc1C2. The van der Waals surface area contributed by atoms with Gasteiger partial charge >= 0.3 is 0 Å². The molecule has 0 N–H and O–H groups in total. The monoisotopic (exact) mass is 466 g/mol. The number of hydrogen-bond acceptors (Lipinski definition) is 1. The molecule has 0 atom stereocenters. The quantitative estimate of drug-likeness (QED) is 0.238. The first-order chi connectivity index (χ1) is 17.7. The third kappa shape index (κ3) is 3.96. The molecular formula is C35H30O. The maximum absolute atomic E-state index is 5.98. The van der Waals surface area contributed by atoms with Gasteiger partial charge < -0.3 is 4.74 Å². The van der Waals surface area contributed by atoms with Crippen LogP contribution in [0.3, 0.4) is 0 Å². The normalized spacial score (nSPS) is 11.8. The molecule has 0 saturated heterocycles. The molecule has 0 spiro atoms. The Morgan fingerprint density at radius 2 is 1.31 bits per heavy atom. The molecule has 6 rings (SSSR count). The van der Waals surface area contributed by atoms with Gasteiger partial charge in [0.15, 0.2) is 0 Å². The predicted octanol–water partition coefficient (Wildman–Crippen LogP) is 9.10. The molecule has 0 unspecified atom stereocenters. The lowest BCUT2D eigenvalue weighted by Crippen LogP contribution is -2.01. The van der Waals surface area contributed by atoms with Gasteiger partial charge in [-0.25, -0.2) is 0 Å². The molecule has 0 amide bonds. The van der Waals surface area contributed by atoms with Gasteiger partial charge in [-0.2, -0.15) is 0 Å². The van der Waals surface area contributed by atoms with Gasteiger partial charge in [0.1, 0.15) is 0 Å². The lowest BCUT2D eigenvalue weighted by molar-refractivity contribution is 0.134. The Labute approximate surface area is 214 Å². The summed E-state index contributed by atoms with van der Waals surface area (Å²) in [5.74, 6) is 0. The van der Waals surface area contributed by atoms with Crippen molar-refractivity contribution in [1.82, 2.24) is 0 Å². The van der Waals surface area contributed by atoms with E-state index in [1.807, 2.05) is 0 Å². The fourth-order valence-electron chi connectivity index (χ4n) is 5.62. The fourth-order valence-corrected chi connectivity index (χ4v) is 5.62. The van der Waals surface area contributed by atoms with Crippen LogP contribution in [0.1, 0.15) is 29.2 Å². The first kappa shape index (κ1) is 22.5. The Hall–Kier alpha value is -3.94. The molecule has 1 aliphatic rings. The number of benzene rings is 5. The third-order valence-electron chi connectivity index (χ3n) is 7.25. The van der Waals surface area contributed by atoms with Crippen molar-refractivity contribution < 1.29 is 4.74 Å². The predicted molar refractivity (Wildman–Crippen MR) is 151 cm³/mol. The van der Waals surface area contributed by atoms with E-state index in [1.54, 1.807) is 0 Å². The highest BCUT2D eigenvalue weighted by atomic mass is 16.5. The molecule has 0 radical (unpaired) electrons. The minimum Gasteiger partial charge on any atom is -0.377 e. The van der Waals surface area contributed by atoms with Crippen molar-refractivity contribution in [3.05, 3.63) is 131 Å². The number of fused-ring (bicyclic) bond motifs is 3. The van der Waals surface area contributed by atoms with Gasteiger partial charge in [0, 0.05) is 6.61 Å². The van der Waals surface area contributed by atoms with Crippen molar-refractivity contribution in [3.8, 4) is 44.5 Å². The highest BCUT2D eigenvalue weighted by Crippen LogP contribution is 2.51. The highest BCUT2D eigenvalue weighted by molar-refractivity contribution is 6.02. The summed E-state index contributed by atoms with van der Waals surface area (Å²) in [6.45, 7) is 5.54. The first-order valence-electron chi connectivity index (χ1n) is 12.8. The molecule has 1 aliphatic carbocycles. The number of hydrogen-bond donors (Lipinski definition) is 0. The van der Waals surface area contributed by atoms with Crippen LogP contribution in [0.25, 0.3) is 44.5 Å². The topological polar surface area (TPSA) is 9.23 Å². The van der Waals surface area contributed by atoms with Gasteiger partial charge in [-0.15, -0.1) is 0 Å². The van der Waals surface area contributed by atoms with Gasteiger partial charge in [-0.05, 0) is 87.5 Å². The molecular weight excluding hydrogens is 436 g/mol. The number of aryl methyl sites for hydroxylation is 1. The van der Waals surface area contributed by atoms with Gasteiger partial charge in [0.25, 0.3) is 0 Å². The van der Waals surface area contributed by atoms with E-state index >= 15 is 0 Å². The Morgan fingerprint density at radius 3 is 2.06 bits per heavy atom.